The van der Waals surface area contributed by atoms with Gasteiger partial charge in [0.1, 0.15) is 5.75 Å². The van der Waals surface area contributed by atoms with Crippen molar-refractivity contribution in [1.82, 2.24) is 0 Å². The first-order chi connectivity index (χ1) is 12.8. The zero-order valence-corrected chi connectivity index (χ0v) is 17.0. The van der Waals surface area contributed by atoms with E-state index in [-0.39, 0.29) is 28.4 Å². The number of halogens is 3. The summed E-state index contributed by atoms with van der Waals surface area (Å²) in [6.07, 6.45) is -4.80. The maximum Gasteiger partial charge on any atom is 0.573 e. The first-order valence-electron chi connectivity index (χ1n) is 8.40. The lowest BCUT2D eigenvalue weighted by Gasteiger charge is -2.25. The molecule has 0 bridgehead atoms. The van der Waals surface area contributed by atoms with E-state index in [1.54, 1.807) is 25.7 Å². The molecule has 0 saturated carbocycles. The molecule has 3 rings (SSSR count). The zero-order valence-electron chi connectivity index (χ0n) is 15.4. The van der Waals surface area contributed by atoms with Crippen LogP contribution in [-0.4, -0.2) is 48.7 Å². The van der Waals surface area contributed by atoms with Crippen LogP contribution in [0.25, 0.3) is 0 Å². The first-order valence-corrected chi connectivity index (χ1v) is 11.1. The number of sulfone groups is 1. The van der Waals surface area contributed by atoms with E-state index in [9.17, 15) is 26.4 Å². The van der Waals surface area contributed by atoms with Gasteiger partial charge in [0.05, 0.1) is 17.5 Å². The van der Waals surface area contributed by atoms with Crippen molar-refractivity contribution in [2.75, 3.05) is 16.4 Å². The van der Waals surface area contributed by atoms with Crippen LogP contribution in [0.2, 0.25) is 0 Å². The van der Waals surface area contributed by atoms with Crippen LogP contribution in [0.5, 0.6) is 5.75 Å². The van der Waals surface area contributed by atoms with Crippen molar-refractivity contribution in [2.45, 2.75) is 38.4 Å². The molecule has 28 heavy (non-hydrogen) atoms. The van der Waals surface area contributed by atoms with Crippen molar-refractivity contribution in [1.29, 1.82) is 0 Å². The summed E-state index contributed by atoms with van der Waals surface area (Å²) >= 11 is 1.21. The molecule has 6 nitrogen and oxygen atoms in total. The summed E-state index contributed by atoms with van der Waals surface area (Å²) in [6, 6.07) is 4.65. The minimum Gasteiger partial charge on any atom is -0.406 e. The number of thioether (sulfide) groups is 1. The Morgan fingerprint density at radius 2 is 1.79 bits per heavy atom. The van der Waals surface area contributed by atoms with Crippen LogP contribution in [-0.2, 0) is 14.6 Å². The number of aliphatic imine (C=N–C) groups is 1. The van der Waals surface area contributed by atoms with E-state index in [0.29, 0.717) is 10.9 Å². The van der Waals surface area contributed by atoms with Crippen LogP contribution in [0, 0.1) is 5.41 Å². The van der Waals surface area contributed by atoms with Crippen LogP contribution in [0.3, 0.4) is 0 Å². The molecule has 2 atom stereocenters. The molecule has 2 aliphatic rings. The van der Waals surface area contributed by atoms with Gasteiger partial charge in [-0.1, -0.05) is 32.5 Å². The molecule has 1 aromatic carbocycles. The second-order valence-electron chi connectivity index (χ2n) is 7.66. The van der Waals surface area contributed by atoms with Gasteiger partial charge in [-0.25, -0.2) is 8.42 Å². The maximum atomic E-state index is 12.4. The van der Waals surface area contributed by atoms with Gasteiger partial charge in [0, 0.05) is 16.4 Å². The van der Waals surface area contributed by atoms with Gasteiger partial charge in [-0.05, 0) is 24.3 Å². The minimum atomic E-state index is -4.80. The number of hydrogen-bond donors (Lipinski definition) is 0. The van der Waals surface area contributed by atoms with Gasteiger partial charge in [-0.15, -0.1) is 13.2 Å². The van der Waals surface area contributed by atoms with Gasteiger partial charge in [0.15, 0.2) is 15.0 Å². The zero-order chi connectivity index (χ0) is 20.9. The number of carbonyl (C=O) groups excluding carboxylic acids is 1. The van der Waals surface area contributed by atoms with Gasteiger partial charge < -0.3 is 9.64 Å². The van der Waals surface area contributed by atoms with Gasteiger partial charge in [0.2, 0.25) is 0 Å². The highest BCUT2D eigenvalue weighted by Gasteiger charge is 2.49. The van der Waals surface area contributed by atoms with Crippen LogP contribution in [0.4, 0.5) is 18.9 Å². The SMILES string of the molecule is CC(C)(C)C(=O)N=C1S[C@H]2CS(=O)(=O)C[C@@H]2N1c1ccc(OC(F)(F)F)cc1. The number of ether oxygens (including phenoxy) is 1. The third kappa shape index (κ3) is 4.62. The summed E-state index contributed by atoms with van der Waals surface area (Å²) in [5.74, 6) is -0.881. The highest BCUT2D eigenvalue weighted by atomic mass is 32.2. The van der Waals surface area contributed by atoms with Crippen LogP contribution < -0.4 is 9.64 Å². The molecule has 0 radical (unpaired) electrons. The molecular weight excluding hydrogens is 417 g/mol. The molecule has 2 saturated heterocycles. The standard InChI is InChI=1S/C17H19F3N2O4S2/c1-16(2,3)14(23)21-15-22(12-8-28(24,25)9-13(12)27-15)10-4-6-11(7-5-10)26-17(18,19)20/h4-7,12-13H,8-9H2,1-3H3/t12-,13-/m0/s1. The van der Waals surface area contributed by atoms with Crippen LogP contribution in [0.1, 0.15) is 20.8 Å². The normalized spacial score (nSPS) is 25.8. The highest BCUT2D eigenvalue weighted by Crippen LogP contribution is 2.41. The second kappa shape index (κ2) is 6.94. The molecule has 0 aliphatic carbocycles. The third-order valence-electron chi connectivity index (χ3n) is 4.25. The smallest absolute Gasteiger partial charge is 0.406 e. The molecule has 0 N–H and O–H groups in total. The number of anilines is 1. The Hall–Kier alpha value is -1.75. The van der Waals surface area contributed by atoms with Crippen LogP contribution in [0.15, 0.2) is 29.3 Å². The Morgan fingerprint density at radius 1 is 1.18 bits per heavy atom. The topological polar surface area (TPSA) is 76.0 Å². The summed E-state index contributed by atoms with van der Waals surface area (Å²) in [5.41, 5.74) is -0.264. The maximum absolute atomic E-state index is 12.4. The largest absolute Gasteiger partial charge is 0.573 e. The average Bonchev–Trinajstić information content (AvgIpc) is 2.96. The fourth-order valence-electron chi connectivity index (χ4n) is 2.93. The Bertz CT molecular complexity index is 906. The fraction of sp³-hybridized carbons (Fsp3) is 0.529. The summed E-state index contributed by atoms with van der Waals surface area (Å²) in [6.45, 7) is 5.16. The Balaban J connectivity index is 1.95. The van der Waals surface area contributed by atoms with Gasteiger partial charge in [-0.2, -0.15) is 4.99 Å². The number of fused-ring (bicyclic) bond motifs is 1. The number of nitrogens with zero attached hydrogens (tertiary/aromatic N) is 2. The second-order valence-corrected chi connectivity index (χ2v) is 11.0. The molecule has 0 aromatic heterocycles. The lowest BCUT2D eigenvalue weighted by molar-refractivity contribution is -0.274. The van der Waals surface area contributed by atoms with Crippen molar-refractivity contribution in [3.63, 3.8) is 0 Å². The van der Waals surface area contributed by atoms with E-state index in [4.69, 9.17) is 0 Å². The lowest BCUT2D eigenvalue weighted by Crippen LogP contribution is -2.38. The third-order valence-corrected chi connectivity index (χ3v) is 7.46. The Kier molecular flexibility index (Phi) is 5.20. The number of hydrogen-bond acceptors (Lipinski definition) is 5. The summed E-state index contributed by atoms with van der Waals surface area (Å²) in [7, 11) is -3.23. The summed E-state index contributed by atoms with van der Waals surface area (Å²) in [5, 5.41) is 0.0666. The first kappa shape index (κ1) is 21.0. The van der Waals surface area contributed by atoms with E-state index < -0.39 is 27.7 Å². The molecular formula is C17H19F3N2O4S2. The molecule has 0 spiro atoms. The monoisotopic (exact) mass is 436 g/mol. The molecule has 154 valence electrons. The van der Waals surface area contributed by atoms with Gasteiger partial charge in [-0.3, -0.25) is 4.79 Å². The molecule has 1 amide bonds. The number of carbonyl (C=O) groups is 1. The van der Waals surface area contributed by atoms with Crippen molar-refractivity contribution >= 4 is 38.4 Å². The highest BCUT2D eigenvalue weighted by molar-refractivity contribution is 8.16. The molecule has 2 fully saturated rings. The lowest BCUT2D eigenvalue weighted by atomic mass is 9.96. The molecule has 0 unspecified atom stereocenters. The van der Waals surface area contributed by atoms with Gasteiger partial charge in [0.25, 0.3) is 5.91 Å². The number of amides is 1. The number of rotatable bonds is 2. The number of benzene rings is 1. The Morgan fingerprint density at radius 3 is 2.32 bits per heavy atom. The molecule has 2 aliphatic heterocycles. The van der Waals surface area contributed by atoms with E-state index in [2.05, 4.69) is 9.73 Å². The molecule has 11 heteroatoms. The van der Waals surface area contributed by atoms with E-state index in [1.807, 2.05) is 0 Å². The van der Waals surface area contributed by atoms with Crippen LogP contribution >= 0.6 is 11.8 Å². The van der Waals surface area contributed by atoms with Crippen molar-refractivity contribution in [2.24, 2.45) is 10.4 Å². The quantitative estimate of drug-likeness (QED) is 0.709. The average molecular weight is 436 g/mol. The van der Waals surface area contributed by atoms with E-state index in [1.165, 1.54) is 23.9 Å². The predicted octanol–water partition coefficient (Wildman–Crippen LogP) is 3.23. The molecule has 2 heterocycles. The van der Waals surface area contributed by atoms with Gasteiger partial charge >= 0.3 is 6.36 Å². The number of alkyl halides is 3. The van der Waals surface area contributed by atoms with E-state index >= 15 is 0 Å². The fourth-order valence-corrected chi connectivity index (χ4v) is 6.84. The Labute approximate surface area is 165 Å². The summed E-state index contributed by atoms with van der Waals surface area (Å²) < 4.78 is 65.0. The minimum absolute atomic E-state index is 0.0309. The molecule has 1 aromatic rings. The van der Waals surface area contributed by atoms with Crippen molar-refractivity contribution < 1.29 is 31.1 Å². The van der Waals surface area contributed by atoms with Crippen molar-refractivity contribution in [3.8, 4) is 5.75 Å². The van der Waals surface area contributed by atoms with Crippen molar-refractivity contribution in [3.05, 3.63) is 24.3 Å². The number of amidine groups is 1. The predicted molar refractivity (Wildman–Crippen MR) is 101 cm³/mol. The van der Waals surface area contributed by atoms with E-state index in [0.717, 1.165) is 12.1 Å². The summed E-state index contributed by atoms with van der Waals surface area (Å²) in [4.78, 5) is 18.2.